The van der Waals surface area contributed by atoms with E-state index < -0.39 is 5.82 Å². The first-order valence-electron chi connectivity index (χ1n) is 7.01. The van der Waals surface area contributed by atoms with Crippen LogP contribution >= 0.6 is 0 Å². The van der Waals surface area contributed by atoms with Gasteiger partial charge in [-0.15, -0.1) is 0 Å². The third-order valence-corrected chi connectivity index (χ3v) is 3.45. The number of likely N-dealkylation sites (N-methyl/N-ethyl adjacent to an activating group) is 1. The molecule has 116 valence electrons. The van der Waals surface area contributed by atoms with Crippen LogP contribution in [0.15, 0.2) is 42.5 Å². The van der Waals surface area contributed by atoms with Crippen molar-refractivity contribution in [2.45, 2.75) is 6.92 Å². The van der Waals surface area contributed by atoms with Crippen molar-refractivity contribution in [3.05, 3.63) is 59.4 Å². The van der Waals surface area contributed by atoms with E-state index in [1.54, 1.807) is 25.1 Å². The number of hydrogen-bond acceptors (Lipinski definition) is 3. The molecular formula is C17H19FN2O2. The SMILES string of the molecule is Cc1ccc(F)cc1C(=O)Nc1ccc(N(C)CCO)cc1. The van der Waals surface area contributed by atoms with E-state index in [2.05, 4.69) is 5.32 Å². The summed E-state index contributed by atoms with van der Waals surface area (Å²) in [6.45, 7) is 2.38. The largest absolute Gasteiger partial charge is 0.395 e. The number of benzene rings is 2. The second kappa shape index (κ2) is 7.04. The fraction of sp³-hybridized carbons (Fsp3) is 0.235. The van der Waals surface area contributed by atoms with Crippen molar-refractivity contribution in [2.75, 3.05) is 30.4 Å². The molecule has 2 N–H and O–H groups in total. The van der Waals surface area contributed by atoms with Crippen LogP contribution in [0.2, 0.25) is 0 Å². The zero-order valence-corrected chi connectivity index (χ0v) is 12.6. The van der Waals surface area contributed by atoms with E-state index in [9.17, 15) is 9.18 Å². The third kappa shape index (κ3) is 3.83. The number of carbonyl (C=O) groups is 1. The van der Waals surface area contributed by atoms with Crippen molar-refractivity contribution in [1.29, 1.82) is 0 Å². The summed E-state index contributed by atoms with van der Waals surface area (Å²) in [7, 11) is 1.87. The Kier molecular flexibility index (Phi) is 5.12. The van der Waals surface area contributed by atoms with E-state index in [0.717, 1.165) is 11.3 Å². The molecule has 0 aromatic heterocycles. The Labute approximate surface area is 129 Å². The number of aliphatic hydroxyl groups excluding tert-OH is 1. The quantitative estimate of drug-likeness (QED) is 0.893. The van der Waals surface area contributed by atoms with Crippen LogP contribution < -0.4 is 10.2 Å². The van der Waals surface area contributed by atoms with Crippen LogP contribution in [0.3, 0.4) is 0 Å². The van der Waals surface area contributed by atoms with Gasteiger partial charge in [-0.3, -0.25) is 4.79 Å². The van der Waals surface area contributed by atoms with Gasteiger partial charge in [0.2, 0.25) is 0 Å². The zero-order chi connectivity index (χ0) is 16.1. The van der Waals surface area contributed by atoms with Crippen molar-refractivity contribution in [3.63, 3.8) is 0 Å². The third-order valence-electron chi connectivity index (χ3n) is 3.45. The number of amides is 1. The number of halogens is 1. The molecule has 0 bridgehead atoms. The summed E-state index contributed by atoms with van der Waals surface area (Å²) in [6, 6.07) is 11.4. The molecule has 0 aliphatic rings. The van der Waals surface area contributed by atoms with Gasteiger partial charge in [0.1, 0.15) is 5.82 Å². The molecule has 0 spiro atoms. The van der Waals surface area contributed by atoms with E-state index in [1.807, 2.05) is 24.1 Å². The zero-order valence-electron chi connectivity index (χ0n) is 12.6. The van der Waals surface area contributed by atoms with Gasteiger partial charge >= 0.3 is 0 Å². The van der Waals surface area contributed by atoms with Crippen LogP contribution in [0, 0.1) is 12.7 Å². The van der Waals surface area contributed by atoms with E-state index in [4.69, 9.17) is 5.11 Å². The van der Waals surface area contributed by atoms with Gasteiger partial charge in [0.15, 0.2) is 0 Å². The molecule has 0 aliphatic carbocycles. The van der Waals surface area contributed by atoms with Crippen molar-refractivity contribution in [3.8, 4) is 0 Å². The maximum atomic E-state index is 13.3. The summed E-state index contributed by atoms with van der Waals surface area (Å²) < 4.78 is 13.3. The average Bonchev–Trinajstić information content (AvgIpc) is 2.50. The summed E-state index contributed by atoms with van der Waals surface area (Å²) in [5.74, 6) is -0.773. The minimum absolute atomic E-state index is 0.0772. The molecule has 1 amide bonds. The van der Waals surface area contributed by atoms with Crippen LogP contribution in [-0.4, -0.2) is 31.2 Å². The number of rotatable bonds is 5. The molecule has 0 fully saturated rings. The first kappa shape index (κ1) is 16.0. The molecule has 2 aromatic carbocycles. The summed E-state index contributed by atoms with van der Waals surface area (Å²) in [5, 5.41) is 11.7. The van der Waals surface area contributed by atoms with Gasteiger partial charge in [0, 0.05) is 30.5 Å². The lowest BCUT2D eigenvalue weighted by Gasteiger charge is -2.18. The van der Waals surface area contributed by atoms with Gasteiger partial charge in [-0.2, -0.15) is 0 Å². The molecule has 2 rings (SSSR count). The Morgan fingerprint density at radius 1 is 1.23 bits per heavy atom. The Morgan fingerprint density at radius 2 is 1.91 bits per heavy atom. The highest BCUT2D eigenvalue weighted by Gasteiger charge is 2.10. The number of anilines is 2. The molecule has 0 heterocycles. The van der Waals surface area contributed by atoms with E-state index in [1.165, 1.54) is 12.1 Å². The molecule has 22 heavy (non-hydrogen) atoms. The Morgan fingerprint density at radius 3 is 2.55 bits per heavy atom. The van der Waals surface area contributed by atoms with Crippen molar-refractivity contribution in [2.24, 2.45) is 0 Å². The lowest BCUT2D eigenvalue weighted by molar-refractivity contribution is 0.102. The van der Waals surface area contributed by atoms with Crippen LogP contribution in [0.4, 0.5) is 15.8 Å². The fourth-order valence-electron chi connectivity index (χ4n) is 2.12. The lowest BCUT2D eigenvalue weighted by atomic mass is 10.1. The predicted octanol–water partition coefficient (Wildman–Crippen LogP) is 2.81. The highest BCUT2D eigenvalue weighted by molar-refractivity contribution is 6.05. The van der Waals surface area contributed by atoms with E-state index in [0.29, 0.717) is 17.8 Å². The molecular weight excluding hydrogens is 283 g/mol. The van der Waals surface area contributed by atoms with Crippen molar-refractivity contribution >= 4 is 17.3 Å². The van der Waals surface area contributed by atoms with E-state index in [-0.39, 0.29) is 12.5 Å². The number of carbonyl (C=O) groups excluding carboxylic acids is 1. The minimum Gasteiger partial charge on any atom is -0.395 e. The maximum absolute atomic E-state index is 13.3. The monoisotopic (exact) mass is 302 g/mol. The van der Waals surface area contributed by atoms with E-state index >= 15 is 0 Å². The Hall–Kier alpha value is -2.40. The van der Waals surface area contributed by atoms with Crippen LogP contribution in [0.25, 0.3) is 0 Å². The molecule has 0 saturated heterocycles. The standard InChI is InChI=1S/C17H19FN2O2/c1-12-3-4-13(18)11-16(12)17(22)19-14-5-7-15(8-6-14)20(2)9-10-21/h3-8,11,21H,9-10H2,1-2H3,(H,19,22). The number of aryl methyl sites for hydroxylation is 1. The molecule has 5 heteroatoms. The van der Waals surface area contributed by atoms with Gasteiger partial charge in [-0.25, -0.2) is 4.39 Å². The fourth-order valence-corrected chi connectivity index (χ4v) is 2.12. The summed E-state index contributed by atoms with van der Waals surface area (Å²) >= 11 is 0. The first-order valence-corrected chi connectivity index (χ1v) is 7.01. The second-order valence-electron chi connectivity index (χ2n) is 5.11. The summed E-state index contributed by atoms with van der Waals surface area (Å²) in [5.41, 5.74) is 2.61. The number of nitrogens with zero attached hydrogens (tertiary/aromatic N) is 1. The first-order chi connectivity index (χ1) is 10.5. The smallest absolute Gasteiger partial charge is 0.256 e. The number of aliphatic hydroxyl groups is 1. The highest BCUT2D eigenvalue weighted by atomic mass is 19.1. The topological polar surface area (TPSA) is 52.6 Å². The lowest BCUT2D eigenvalue weighted by Crippen LogP contribution is -2.21. The normalized spacial score (nSPS) is 10.4. The maximum Gasteiger partial charge on any atom is 0.256 e. The number of nitrogens with one attached hydrogen (secondary N) is 1. The second-order valence-corrected chi connectivity index (χ2v) is 5.11. The average molecular weight is 302 g/mol. The van der Waals surface area contributed by atoms with Gasteiger partial charge in [-0.05, 0) is 48.9 Å². The van der Waals surface area contributed by atoms with Crippen LogP contribution in [0.1, 0.15) is 15.9 Å². The van der Waals surface area contributed by atoms with Crippen LogP contribution in [0.5, 0.6) is 0 Å². The Balaban J connectivity index is 2.10. The molecule has 0 saturated carbocycles. The minimum atomic E-state index is -0.434. The molecule has 0 radical (unpaired) electrons. The molecule has 0 unspecified atom stereocenters. The van der Waals surface area contributed by atoms with Gasteiger partial charge < -0.3 is 15.3 Å². The summed E-state index contributed by atoms with van der Waals surface area (Å²) in [4.78, 5) is 14.1. The highest BCUT2D eigenvalue weighted by Crippen LogP contribution is 2.18. The van der Waals surface area contributed by atoms with Crippen molar-refractivity contribution < 1.29 is 14.3 Å². The van der Waals surface area contributed by atoms with Gasteiger partial charge in [-0.1, -0.05) is 6.07 Å². The molecule has 0 aliphatic heterocycles. The molecule has 2 aromatic rings. The van der Waals surface area contributed by atoms with Crippen molar-refractivity contribution in [1.82, 2.24) is 0 Å². The Bertz CT molecular complexity index is 656. The molecule has 0 atom stereocenters. The number of hydrogen-bond donors (Lipinski definition) is 2. The molecule has 4 nitrogen and oxygen atoms in total. The van der Waals surface area contributed by atoms with Crippen LogP contribution in [-0.2, 0) is 0 Å². The summed E-state index contributed by atoms with van der Waals surface area (Å²) in [6.07, 6.45) is 0. The predicted molar refractivity (Wildman–Crippen MR) is 85.9 cm³/mol. The van der Waals surface area contributed by atoms with Gasteiger partial charge in [0.05, 0.1) is 6.61 Å². The van der Waals surface area contributed by atoms with Gasteiger partial charge in [0.25, 0.3) is 5.91 Å².